The van der Waals surface area contributed by atoms with Gasteiger partial charge in [0.15, 0.2) is 0 Å². The van der Waals surface area contributed by atoms with Gasteiger partial charge in [0.25, 0.3) is 0 Å². The van der Waals surface area contributed by atoms with E-state index >= 15 is 0 Å². The van der Waals surface area contributed by atoms with Crippen LogP contribution < -0.4 is 5.73 Å². The van der Waals surface area contributed by atoms with Crippen molar-refractivity contribution in [2.24, 2.45) is 5.10 Å². The van der Waals surface area contributed by atoms with Crippen LogP contribution in [0.1, 0.15) is 16.8 Å². The van der Waals surface area contributed by atoms with Gasteiger partial charge in [-0.15, -0.1) is 0 Å². The molecule has 0 aliphatic heterocycles. The Balaban J connectivity index is 2.25. The van der Waals surface area contributed by atoms with Crippen molar-refractivity contribution >= 4 is 12.2 Å². The van der Waals surface area contributed by atoms with Crippen LogP contribution in [-0.2, 0) is 6.54 Å². The summed E-state index contributed by atoms with van der Waals surface area (Å²) in [6, 6.07) is 8.18. The molecule has 0 saturated carbocycles. The largest absolute Gasteiger partial charge is 0.368 e. The van der Waals surface area contributed by atoms with Gasteiger partial charge in [-0.1, -0.05) is 24.3 Å². The van der Waals surface area contributed by atoms with Crippen LogP contribution in [-0.4, -0.2) is 34.9 Å². The normalized spacial score (nSPS) is 11.6. The third-order valence-electron chi connectivity index (χ3n) is 2.70. The fraction of sp³-hybridized carbons (Fsp3) is 0.286. The number of rotatable bonds is 4. The lowest BCUT2D eigenvalue weighted by Crippen LogP contribution is -2.12. The SMILES string of the molecule is Cc1cn(N=Cc2ccccc2CN(C)C)c(N)n1. The zero-order chi connectivity index (χ0) is 13.8. The van der Waals surface area contributed by atoms with Crippen LogP contribution in [0.3, 0.4) is 0 Å². The summed E-state index contributed by atoms with van der Waals surface area (Å²) in [7, 11) is 4.09. The lowest BCUT2D eigenvalue weighted by molar-refractivity contribution is 0.402. The Kier molecular flexibility index (Phi) is 3.97. The van der Waals surface area contributed by atoms with Gasteiger partial charge in [-0.2, -0.15) is 5.10 Å². The molecule has 0 atom stereocenters. The molecule has 0 bridgehead atoms. The molecule has 0 spiro atoms. The third-order valence-corrected chi connectivity index (χ3v) is 2.70. The minimum atomic E-state index is 0.402. The van der Waals surface area contributed by atoms with Gasteiger partial charge in [0.05, 0.1) is 18.1 Å². The molecule has 2 N–H and O–H groups in total. The highest BCUT2D eigenvalue weighted by molar-refractivity contribution is 5.81. The highest BCUT2D eigenvalue weighted by Gasteiger charge is 2.02. The summed E-state index contributed by atoms with van der Waals surface area (Å²) in [6.07, 6.45) is 3.62. The molecular weight excluding hydrogens is 238 g/mol. The maximum Gasteiger partial charge on any atom is 0.221 e. The van der Waals surface area contributed by atoms with Crippen molar-refractivity contribution in [1.82, 2.24) is 14.6 Å². The van der Waals surface area contributed by atoms with Crippen LogP contribution >= 0.6 is 0 Å². The maximum absolute atomic E-state index is 5.75. The lowest BCUT2D eigenvalue weighted by atomic mass is 10.1. The van der Waals surface area contributed by atoms with Gasteiger partial charge < -0.3 is 10.6 Å². The number of hydrogen-bond donors (Lipinski definition) is 1. The predicted molar refractivity (Wildman–Crippen MR) is 78.2 cm³/mol. The molecule has 0 fully saturated rings. The molecule has 0 amide bonds. The number of nitrogens with two attached hydrogens (primary N) is 1. The van der Waals surface area contributed by atoms with Crippen molar-refractivity contribution in [3.05, 3.63) is 47.3 Å². The Bertz CT molecular complexity index is 583. The van der Waals surface area contributed by atoms with E-state index in [-0.39, 0.29) is 0 Å². The zero-order valence-electron chi connectivity index (χ0n) is 11.5. The van der Waals surface area contributed by atoms with Crippen LogP contribution in [0.4, 0.5) is 5.95 Å². The summed E-state index contributed by atoms with van der Waals surface area (Å²) in [5.41, 5.74) is 8.93. The topological polar surface area (TPSA) is 59.4 Å². The van der Waals surface area contributed by atoms with E-state index in [1.807, 2.05) is 45.4 Å². The summed E-state index contributed by atoms with van der Waals surface area (Å²) < 4.78 is 1.59. The lowest BCUT2D eigenvalue weighted by Gasteiger charge is -2.11. The highest BCUT2D eigenvalue weighted by Crippen LogP contribution is 2.09. The molecule has 0 radical (unpaired) electrons. The van der Waals surface area contributed by atoms with E-state index in [4.69, 9.17) is 5.73 Å². The van der Waals surface area contributed by atoms with Crippen molar-refractivity contribution in [3.8, 4) is 0 Å². The molecule has 2 rings (SSSR count). The van der Waals surface area contributed by atoms with E-state index in [2.05, 4.69) is 21.1 Å². The van der Waals surface area contributed by atoms with Crippen LogP contribution in [0.2, 0.25) is 0 Å². The summed E-state index contributed by atoms with van der Waals surface area (Å²) >= 11 is 0. The van der Waals surface area contributed by atoms with Gasteiger partial charge in [0.1, 0.15) is 0 Å². The molecule has 19 heavy (non-hydrogen) atoms. The summed E-state index contributed by atoms with van der Waals surface area (Å²) in [5, 5.41) is 4.35. The molecule has 0 aliphatic rings. The van der Waals surface area contributed by atoms with Crippen LogP contribution in [0.25, 0.3) is 0 Å². The number of hydrogen-bond acceptors (Lipinski definition) is 4. The first-order valence-electron chi connectivity index (χ1n) is 6.14. The molecule has 1 aromatic heterocycles. The molecule has 1 heterocycles. The smallest absolute Gasteiger partial charge is 0.221 e. The monoisotopic (exact) mass is 257 g/mol. The van der Waals surface area contributed by atoms with E-state index in [9.17, 15) is 0 Å². The first-order chi connectivity index (χ1) is 9.06. The highest BCUT2D eigenvalue weighted by atomic mass is 15.4. The molecule has 5 heteroatoms. The van der Waals surface area contributed by atoms with Gasteiger partial charge >= 0.3 is 0 Å². The standard InChI is InChI=1S/C14H19N5/c1-11-9-19(14(15)17-11)16-8-12-6-4-5-7-13(12)10-18(2)3/h4-9H,10H2,1-3H3,(H2,15,17). The number of nitrogen functional groups attached to an aromatic ring is 1. The predicted octanol–water partition coefficient (Wildman–Crippen LogP) is 1.72. The van der Waals surface area contributed by atoms with E-state index < -0.39 is 0 Å². The van der Waals surface area contributed by atoms with Crippen molar-refractivity contribution in [1.29, 1.82) is 0 Å². The molecule has 1 aromatic carbocycles. The summed E-state index contributed by atoms with van der Waals surface area (Å²) in [5.74, 6) is 0.402. The van der Waals surface area contributed by atoms with Gasteiger partial charge in [-0.25, -0.2) is 9.66 Å². The first-order valence-corrected chi connectivity index (χ1v) is 6.14. The molecule has 100 valence electrons. The third kappa shape index (κ3) is 3.42. The Hall–Kier alpha value is -2.14. The van der Waals surface area contributed by atoms with Crippen molar-refractivity contribution in [2.45, 2.75) is 13.5 Å². The Morgan fingerprint density at radius 2 is 2.11 bits per heavy atom. The number of aryl methyl sites for hydroxylation is 1. The van der Waals surface area contributed by atoms with Gasteiger partial charge in [-0.3, -0.25) is 0 Å². The van der Waals surface area contributed by atoms with Gasteiger partial charge in [-0.05, 0) is 32.1 Å². The minimum absolute atomic E-state index is 0.402. The number of aromatic nitrogens is 2. The maximum atomic E-state index is 5.75. The fourth-order valence-electron chi connectivity index (χ4n) is 1.87. The molecule has 2 aromatic rings. The molecule has 0 saturated heterocycles. The van der Waals surface area contributed by atoms with Crippen molar-refractivity contribution < 1.29 is 0 Å². The van der Waals surface area contributed by atoms with E-state index in [1.165, 1.54) is 5.56 Å². The van der Waals surface area contributed by atoms with Crippen LogP contribution in [0.15, 0.2) is 35.6 Å². The van der Waals surface area contributed by atoms with Crippen molar-refractivity contribution in [2.75, 3.05) is 19.8 Å². The minimum Gasteiger partial charge on any atom is -0.368 e. The second-order valence-electron chi connectivity index (χ2n) is 4.77. The first kappa shape index (κ1) is 13.3. The van der Waals surface area contributed by atoms with Gasteiger partial charge in [0.2, 0.25) is 5.95 Å². The number of imidazole rings is 1. The summed E-state index contributed by atoms with van der Waals surface area (Å²) in [4.78, 5) is 6.24. The van der Waals surface area contributed by atoms with E-state index in [0.29, 0.717) is 5.95 Å². The molecule has 0 aliphatic carbocycles. The molecule has 0 unspecified atom stereocenters. The number of benzene rings is 1. The van der Waals surface area contributed by atoms with Crippen LogP contribution in [0, 0.1) is 6.92 Å². The average Bonchev–Trinajstić information content (AvgIpc) is 2.66. The Labute approximate surface area is 113 Å². The number of anilines is 1. The Morgan fingerprint density at radius 3 is 2.74 bits per heavy atom. The Morgan fingerprint density at radius 1 is 1.37 bits per heavy atom. The quantitative estimate of drug-likeness (QED) is 0.848. The summed E-state index contributed by atoms with van der Waals surface area (Å²) in [6.45, 7) is 2.77. The zero-order valence-corrected chi connectivity index (χ0v) is 11.5. The van der Waals surface area contributed by atoms with Crippen molar-refractivity contribution in [3.63, 3.8) is 0 Å². The second kappa shape index (κ2) is 5.67. The van der Waals surface area contributed by atoms with E-state index in [1.54, 1.807) is 10.9 Å². The average molecular weight is 257 g/mol. The second-order valence-corrected chi connectivity index (χ2v) is 4.77. The van der Waals surface area contributed by atoms with E-state index in [0.717, 1.165) is 17.8 Å². The van der Waals surface area contributed by atoms with Crippen LogP contribution in [0.5, 0.6) is 0 Å². The molecule has 5 nitrogen and oxygen atoms in total. The van der Waals surface area contributed by atoms with Gasteiger partial charge in [0, 0.05) is 6.54 Å². The fourth-order valence-corrected chi connectivity index (χ4v) is 1.87. The molecular formula is C14H19N5. The number of nitrogens with zero attached hydrogens (tertiary/aromatic N) is 4.